The predicted octanol–water partition coefficient (Wildman–Crippen LogP) is 4.02. The van der Waals surface area contributed by atoms with Gasteiger partial charge in [-0.25, -0.2) is 0 Å². The second-order valence-corrected chi connectivity index (χ2v) is 5.93. The molecule has 0 heterocycles. The van der Waals surface area contributed by atoms with Crippen molar-refractivity contribution < 1.29 is 9.47 Å². The van der Waals surface area contributed by atoms with Crippen molar-refractivity contribution >= 4 is 0 Å². The number of benzene rings is 1. The average Bonchev–Trinajstić information content (AvgIpc) is 2.49. The third-order valence-corrected chi connectivity index (χ3v) is 4.37. The van der Waals surface area contributed by atoms with Crippen LogP contribution in [-0.4, -0.2) is 25.8 Å². The summed E-state index contributed by atoms with van der Waals surface area (Å²) in [6.07, 6.45) is 6.52. The van der Waals surface area contributed by atoms with E-state index in [1.807, 2.05) is 38.2 Å². The van der Waals surface area contributed by atoms with Crippen LogP contribution >= 0.6 is 0 Å². The molecule has 0 amide bonds. The molecule has 0 saturated heterocycles. The number of likely N-dealkylation sites (N-methyl/N-ethyl adjacent to an activating group) is 1. The van der Waals surface area contributed by atoms with Crippen LogP contribution in [0.25, 0.3) is 0 Å². The summed E-state index contributed by atoms with van der Waals surface area (Å²) in [5.41, 5.74) is 0. The summed E-state index contributed by atoms with van der Waals surface area (Å²) in [4.78, 5) is 0. The summed E-state index contributed by atoms with van der Waals surface area (Å²) in [6, 6.07) is 8.46. The highest BCUT2D eigenvalue weighted by molar-refractivity contribution is 5.33. The Balaban J connectivity index is 2.02. The second-order valence-electron chi connectivity index (χ2n) is 5.93. The summed E-state index contributed by atoms with van der Waals surface area (Å²) < 4.78 is 11.8. The number of ether oxygens (including phenoxy) is 2. The van der Waals surface area contributed by atoms with Crippen LogP contribution in [0, 0.1) is 5.92 Å². The Labute approximate surface area is 129 Å². The fourth-order valence-electron chi connectivity index (χ4n) is 3.32. The van der Waals surface area contributed by atoms with E-state index in [-0.39, 0.29) is 6.10 Å². The van der Waals surface area contributed by atoms with E-state index in [1.165, 1.54) is 25.7 Å². The van der Waals surface area contributed by atoms with Crippen molar-refractivity contribution in [3.8, 4) is 11.5 Å². The topological polar surface area (TPSA) is 30.5 Å². The Morgan fingerprint density at radius 2 is 2.00 bits per heavy atom. The third-order valence-electron chi connectivity index (χ3n) is 4.37. The van der Waals surface area contributed by atoms with E-state index in [1.54, 1.807) is 0 Å². The lowest BCUT2D eigenvalue weighted by atomic mass is 9.81. The van der Waals surface area contributed by atoms with E-state index in [9.17, 15) is 0 Å². The third kappa shape index (κ3) is 4.63. The van der Waals surface area contributed by atoms with Gasteiger partial charge in [0.1, 0.15) is 17.6 Å². The van der Waals surface area contributed by atoms with Gasteiger partial charge in [0.05, 0.1) is 6.61 Å². The lowest BCUT2D eigenvalue weighted by molar-refractivity contribution is 0.0863. The molecular formula is C18H29NO2. The van der Waals surface area contributed by atoms with Crippen molar-refractivity contribution in [2.75, 3.05) is 13.7 Å². The van der Waals surface area contributed by atoms with Gasteiger partial charge in [-0.15, -0.1) is 0 Å². The van der Waals surface area contributed by atoms with Crippen LogP contribution in [0.2, 0.25) is 0 Å². The van der Waals surface area contributed by atoms with E-state index in [0.717, 1.165) is 23.8 Å². The van der Waals surface area contributed by atoms with Gasteiger partial charge in [-0.05, 0) is 51.3 Å². The number of nitrogens with one attached hydrogen (secondary N) is 1. The van der Waals surface area contributed by atoms with Gasteiger partial charge in [0.2, 0.25) is 0 Å². The fraction of sp³-hybridized carbons (Fsp3) is 0.667. The van der Waals surface area contributed by atoms with Crippen LogP contribution in [0.4, 0.5) is 0 Å². The summed E-state index contributed by atoms with van der Waals surface area (Å²) in [5, 5.41) is 3.42. The van der Waals surface area contributed by atoms with E-state index in [4.69, 9.17) is 9.47 Å². The molecule has 0 aromatic heterocycles. The first-order valence-electron chi connectivity index (χ1n) is 8.33. The average molecular weight is 291 g/mol. The van der Waals surface area contributed by atoms with Gasteiger partial charge in [-0.2, -0.15) is 0 Å². The molecule has 3 atom stereocenters. The molecule has 2 rings (SSSR count). The maximum Gasteiger partial charge on any atom is 0.123 e. The fourth-order valence-corrected chi connectivity index (χ4v) is 3.32. The molecule has 1 aromatic rings. The molecule has 3 heteroatoms. The minimum absolute atomic E-state index is 0.261. The molecule has 3 nitrogen and oxygen atoms in total. The van der Waals surface area contributed by atoms with Gasteiger partial charge in [0.25, 0.3) is 0 Å². The molecule has 0 aliphatic heterocycles. The molecule has 0 spiro atoms. The van der Waals surface area contributed by atoms with Crippen molar-refractivity contribution in [1.29, 1.82) is 0 Å². The lowest BCUT2D eigenvalue weighted by Gasteiger charge is -2.36. The first kappa shape index (κ1) is 16.2. The van der Waals surface area contributed by atoms with Gasteiger partial charge in [0, 0.05) is 12.1 Å². The highest BCUT2D eigenvalue weighted by Crippen LogP contribution is 2.31. The molecule has 1 aromatic carbocycles. The molecule has 1 saturated carbocycles. The van der Waals surface area contributed by atoms with Crippen molar-refractivity contribution in [3.05, 3.63) is 24.3 Å². The quantitative estimate of drug-likeness (QED) is 0.823. The monoisotopic (exact) mass is 291 g/mol. The predicted molar refractivity (Wildman–Crippen MR) is 87.1 cm³/mol. The Morgan fingerprint density at radius 3 is 2.71 bits per heavy atom. The van der Waals surface area contributed by atoms with Gasteiger partial charge in [-0.1, -0.05) is 25.8 Å². The molecule has 1 aliphatic carbocycles. The summed E-state index contributed by atoms with van der Waals surface area (Å²) >= 11 is 0. The van der Waals surface area contributed by atoms with E-state index in [2.05, 4.69) is 12.2 Å². The second kappa shape index (κ2) is 8.28. The van der Waals surface area contributed by atoms with Gasteiger partial charge in [0.15, 0.2) is 0 Å². The van der Waals surface area contributed by atoms with Crippen molar-refractivity contribution in [2.45, 2.75) is 58.1 Å². The Morgan fingerprint density at radius 1 is 1.19 bits per heavy atom. The van der Waals surface area contributed by atoms with Crippen molar-refractivity contribution in [3.63, 3.8) is 0 Å². The SMILES string of the molecule is CCCC1CCC(NC)C(Oc2cccc(OCC)c2)C1. The Hall–Kier alpha value is -1.22. The molecular weight excluding hydrogens is 262 g/mol. The Kier molecular flexibility index (Phi) is 6.37. The minimum atomic E-state index is 0.261. The first-order valence-corrected chi connectivity index (χ1v) is 8.33. The molecule has 1 fully saturated rings. The van der Waals surface area contributed by atoms with Crippen molar-refractivity contribution in [2.24, 2.45) is 5.92 Å². The number of rotatable bonds is 7. The standard InChI is InChI=1S/C18H29NO2/c1-4-7-14-10-11-17(19-3)18(12-14)21-16-9-6-8-15(13-16)20-5-2/h6,8-9,13-14,17-19H,4-5,7,10-12H2,1-3H3. The Bertz CT molecular complexity index is 421. The summed E-state index contributed by atoms with van der Waals surface area (Å²) in [5.74, 6) is 2.61. The minimum Gasteiger partial charge on any atom is -0.494 e. The smallest absolute Gasteiger partial charge is 0.123 e. The zero-order valence-electron chi connectivity index (χ0n) is 13.6. The van der Waals surface area contributed by atoms with Crippen LogP contribution in [0.5, 0.6) is 11.5 Å². The van der Waals surface area contributed by atoms with E-state index < -0.39 is 0 Å². The molecule has 0 bridgehead atoms. The maximum absolute atomic E-state index is 6.28. The van der Waals surface area contributed by atoms with Gasteiger partial charge >= 0.3 is 0 Å². The molecule has 1 aliphatic rings. The van der Waals surface area contributed by atoms with Gasteiger partial charge in [-0.3, -0.25) is 0 Å². The van der Waals surface area contributed by atoms with Crippen molar-refractivity contribution in [1.82, 2.24) is 5.32 Å². The van der Waals surface area contributed by atoms with E-state index >= 15 is 0 Å². The zero-order valence-corrected chi connectivity index (χ0v) is 13.6. The molecule has 3 unspecified atom stereocenters. The molecule has 1 N–H and O–H groups in total. The van der Waals surface area contributed by atoms with Crippen LogP contribution in [0.1, 0.15) is 46.0 Å². The van der Waals surface area contributed by atoms with E-state index in [0.29, 0.717) is 12.6 Å². The van der Waals surface area contributed by atoms with Crippen LogP contribution in [0.15, 0.2) is 24.3 Å². The van der Waals surface area contributed by atoms with Crippen LogP contribution < -0.4 is 14.8 Å². The maximum atomic E-state index is 6.28. The lowest BCUT2D eigenvalue weighted by Crippen LogP contribution is -2.45. The highest BCUT2D eigenvalue weighted by atomic mass is 16.5. The largest absolute Gasteiger partial charge is 0.494 e. The normalized spacial score (nSPS) is 25.6. The van der Waals surface area contributed by atoms with Crippen LogP contribution in [-0.2, 0) is 0 Å². The number of hydrogen-bond acceptors (Lipinski definition) is 3. The summed E-state index contributed by atoms with van der Waals surface area (Å²) in [7, 11) is 2.04. The van der Waals surface area contributed by atoms with Gasteiger partial charge < -0.3 is 14.8 Å². The number of hydrogen-bond donors (Lipinski definition) is 1. The zero-order chi connectivity index (χ0) is 15.1. The summed E-state index contributed by atoms with van der Waals surface area (Å²) in [6.45, 7) is 4.96. The first-order chi connectivity index (χ1) is 10.3. The molecule has 21 heavy (non-hydrogen) atoms. The molecule has 0 radical (unpaired) electrons. The van der Waals surface area contributed by atoms with Crippen LogP contribution in [0.3, 0.4) is 0 Å². The highest BCUT2D eigenvalue weighted by Gasteiger charge is 2.30. The molecule has 118 valence electrons.